The number of H-pyrrole nitrogens is 1. The van der Waals surface area contributed by atoms with E-state index in [2.05, 4.69) is 4.98 Å². The average Bonchev–Trinajstić information content (AvgIpc) is 2.33. The summed E-state index contributed by atoms with van der Waals surface area (Å²) in [5.41, 5.74) is 5.04. The first kappa shape index (κ1) is 15.0. The van der Waals surface area contributed by atoms with Gasteiger partial charge in [0, 0.05) is 18.9 Å². The topological polar surface area (TPSA) is 99.3 Å². The fraction of sp³-hybridized carbons (Fsp3) is 0.600. The number of aromatic amines is 1. The van der Waals surface area contributed by atoms with Crippen molar-refractivity contribution in [2.24, 2.45) is 5.50 Å². The van der Waals surface area contributed by atoms with E-state index in [1.807, 2.05) is 0 Å². The van der Waals surface area contributed by atoms with Crippen molar-refractivity contribution in [3.63, 3.8) is 0 Å². The Balaban J connectivity index is 2.83. The number of hydrogen-bond donors (Lipinski definition) is 2. The highest BCUT2D eigenvalue weighted by Gasteiger charge is 2.11. The van der Waals surface area contributed by atoms with Gasteiger partial charge in [0.25, 0.3) is 5.56 Å². The number of nitrogens with two attached hydrogens (primary N) is 1. The molecule has 0 spiro atoms. The van der Waals surface area contributed by atoms with Crippen molar-refractivity contribution < 1.29 is 9.47 Å². The van der Waals surface area contributed by atoms with Crippen molar-refractivity contribution in [1.82, 2.24) is 9.55 Å². The fourth-order valence-electron chi connectivity index (χ4n) is 1.48. The van der Waals surface area contributed by atoms with Gasteiger partial charge in [-0.3, -0.25) is 14.3 Å². The Hall–Kier alpha value is -1.01. The molecule has 2 unspecified atom stereocenters. The molecule has 0 fully saturated rings. The predicted molar refractivity (Wildman–Crippen MR) is 70.2 cm³/mol. The lowest BCUT2D eigenvalue weighted by molar-refractivity contribution is 0.00950. The summed E-state index contributed by atoms with van der Waals surface area (Å²) < 4.78 is 11.9. The minimum Gasteiger partial charge on any atom is -0.382 e. The Bertz CT molecular complexity index is 485. The molecular weight excluding hydrogens is 257 g/mol. The van der Waals surface area contributed by atoms with E-state index < -0.39 is 5.69 Å². The van der Waals surface area contributed by atoms with Crippen LogP contribution < -0.4 is 16.8 Å². The van der Waals surface area contributed by atoms with Gasteiger partial charge in [-0.25, -0.2) is 4.79 Å². The van der Waals surface area contributed by atoms with Crippen LogP contribution in [-0.4, -0.2) is 35.7 Å². The van der Waals surface area contributed by atoms with Crippen LogP contribution in [0.3, 0.4) is 0 Å². The number of aryl methyl sites for hydroxylation is 1. The molecule has 3 N–H and O–H groups in total. The second-order valence-electron chi connectivity index (χ2n) is 3.82. The molecule has 0 saturated carbocycles. The van der Waals surface area contributed by atoms with Gasteiger partial charge in [0.2, 0.25) is 0 Å². The number of rotatable bonds is 7. The Morgan fingerprint density at radius 3 is 2.89 bits per heavy atom. The summed E-state index contributed by atoms with van der Waals surface area (Å²) in [6.45, 7) is 2.31. The minimum absolute atomic E-state index is 0.186. The first-order valence-corrected chi connectivity index (χ1v) is 6.71. The van der Waals surface area contributed by atoms with Crippen molar-refractivity contribution in [2.75, 3.05) is 20.1 Å². The molecule has 0 amide bonds. The van der Waals surface area contributed by atoms with Gasteiger partial charge in [-0.1, -0.05) is 0 Å². The van der Waals surface area contributed by atoms with Crippen LogP contribution >= 0.6 is 8.73 Å². The average molecular weight is 275 g/mol. The highest BCUT2D eigenvalue weighted by atomic mass is 31.1. The SMILES string of the molecule is COCC(Cn1cc(C)c(=O)[nH]c1=O)OCPN. The monoisotopic (exact) mass is 275 g/mol. The smallest absolute Gasteiger partial charge is 0.328 e. The third-order valence-electron chi connectivity index (χ3n) is 2.34. The molecule has 102 valence electrons. The van der Waals surface area contributed by atoms with Crippen LogP contribution in [0, 0.1) is 6.92 Å². The van der Waals surface area contributed by atoms with Gasteiger partial charge in [-0.05, 0) is 15.7 Å². The van der Waals surface area contributed by atoms with Crippen LogP contribution in [0.5, 0.6) is 0 Å². The highest BCUT2D eigenvalue weighted by molar-refractivity contribution is 7.34. The number of nitrogens with one attached hydrogen (secondary N) is 1. The first-order chi connectivity index (χ1) is 8.58. The molecule has 2 atom stereocenters. The van der Waals surface area contributed by atoms with E-state index in [0.29, 0.717) is 25.1 Å². The van der Waals surface area contributed by atoms with Crippen molar-refractivity contribution in [3.05, 3.63) is 32.6 Å². The molecule has 0 bridgehead atoms. The van der Waals surface area contributed by atoms with Gasteiger partial charge < -0.3 is 15.0 Å². The molecule has 1 heterocycles. The number of hydrogen-bond acceptors (Lipinski definition) is 5. The first-order valence-electron chi connectivity index (χ1n) is 5.42. The van der Waals surface area contributed by atoms with Crippen molar-refractivity contribution in [1.29, 1.82) is 0 Å². The van der Waals surface area contributed by atoms with Gasteiger partial charge in [-0.2, -0.15) is 0 Å². The number of aromatic nitrogens is 2. The molecule has 18 heavy (non-hydrogen) atoms. The number of nitrogens with zero attached hydrogens (tertiary/aromatic N) is 1. The lowest BCUT2D eigenvalue weighted by atomic mass is 10.3. The quantitative estimate of drug-likeness (QED) is 0.646. The molecule has 1 aromatic rings. The van der Waals surface area contributed by atoms with E-state index in [-0.39, 0.29) is 20.4 Å². The summed E-state index contributed by atoms with van der Waals surface area (Å²) in [6, 6.07) is 0. The van der Waals surface area contributed by atoms with Crippen LogP contribution in [0.4, 0.5) is 0 Å². The lowest BCUT2D eigenvalue weighted by Crippen LogP contribution is -2.36. The summed E-state index contributed by atoms with van der Waals surface area (Å²) in [5.74, 6) is 0. The van der Waals surface area contributed by atoms with Crippen LogP contribution in [0.15, 0.2) is 15.8 Å². The Kier molecular flexibility index (Phi) is 6.21. The zero-order chi connectivity index (χ0) is 13.5. The maximum atomic E-state index is 11.6. The van der Waals surface area contributed by atoms with Gasteiger partial charge in [-0.15, -0.1) is 0 Å². The van der Waals surface area contributed by atoms with Crippen molar-refractivity contribution >= 4 is 8.73 Å². The van der Waals surface area contributed by atoms with E-state index in [1.54, 1.807) is 14.0 Å². The van der Waals surface area contributed by atoms with E-state index in [1.165, 1.54) is 10.8 Å². The molecular formula is C10H18N3O4P. The van der Waals surface area contributed by atoms with Crippen LogP contribution in [0.2, 0.25) is 0 Å². The molecule has 0 saturated heterocycles. The number of ether oxygens (including phenoxy) is 2. The Labute approximate surface area is 106 Å². The van der Waals surface area contributed by atoms with Crippen molar-refractivity contribution in [2.45, 2.75) is 19.6 Å². The normalized spacial score (nSPS) is 13.3. The third-order valence-corrected chi connectivity index (χ3v) is 2.68. The van der Waals surface area contributed by atoms with Gasteiger partial charge in [0.1, 0.15) is 0 Å². The predicted octanol–water partition coefficient (Wildman–Crippen LogP) is -0.614. The fourth-order valence-corrected chi connectivity index (χ4v) is 1.81. The van der Waals surface area contributed by atoms with E-state index in [9.17, 15) is 9.59 Å². The van der Waals surface area contributed by atoms with Crippen LogP contribution in [0.1, 0.15) is 5.56 Å². The molecule has 0 aliphatic rings. The maximum absolute atomic E-state index is 11.6. The zero-order valence-corrected chi connectivity index (χ0v) is 11.4. The van der Waals surface area contributed by atoms with Gasteiger partial charge in [0.15, 0.2) is 0 Å². The van der Waals surface area contributed by atoms with Gasteiger partial charge in [0.05, 0.1) is 25.6 Å². The van der Waals surface area contributed by atoms with Crippen LogP contribution in [-0.2, 0) is 16.0 Å². The second kappa shape index (κ2) is 7.43. The standard InChI is InChI=1S/C10H18N3O4P/c1-7-3-13(10(15)12-9(7)14)4-8(5-16-2)17-6-18-11/h3,8,18H,4-6,11H2,1-2H3,(H,12,14,15). The molecule has 0 aliphatic heterocycles. The molecule has 7 nitrogen and oxygen atoms in total. The largest absolute Gasteiger partial charge is 0.382 e. The second-order valence-corrected chi connectivity index (χ2v) is 4.51. The molecule has 0 aliphatic carbocycles. The summed E-state index contributed by atoms with van der Waals surface area (Å²) in [6.07, 6.45) is 1.66. The van der Waals surface area contributed by atoms with Crippen molar-refractivity contribution in [3.8, 4) is 0 Å². The lowest BCUT2D eigenvalue weighted by Gasteiger charge is -2.17. The molecule has 1 aromatic heterocycles. The molecule has 1 rings (SSSR count). The Morgan fingerprint density at radius 1 is 1.56 bits per heavy atom. The maximum Gasteiger partial charge on any atom is 0.328 e. The Morgan fingerprint density at radius 2 is 2.28 bits per heavy atom. The van der Waals surface area contributed by atoms with Crippen LogP contribution in [0.25, 0.3) is 0 Å². The molecule has 0 aromatic carbocycles. The summed E-state index contributed by atoms with van der Waals surface area (Å²) in [4.78, 5) is 25.1. The summed E-state index contributed by atoms with van der Waals surface area (Å²) in [5, 5.41) is 0. The summed E-state index contributed by atoms with van der Waals surface area (Å²) in [7, 11) is 1.74. The minimum atomic E-state index is -0.453. The zero-order valence-electron chi connectivity index (χ0n) is 10.4. The summed E-state index contributed by atoms with van der Waals surface area (Å²) >= 11 is 0. The van der Waals surface area contributed by atoms with E-state index in [0.717, 1.165) is 0 Å². The molecule has 0 radical (unpaired) electrons. The number of methoxy groups -OCH3 is 1. The van der Waals surface area contributed by atoms with E-state index in [4.69, 9.17) is 15.0 Å². The third kappa shape index (κ3) is 4.34. The van der Waals surface area contributed by atoms with Gasteiger partial charge >= 0.3 is 5.69 Å². The molecule has 8 heteroatoms. The van der Waals surface area contributed by atoms with E-state index >= 15 is 0 Å². The highest BCUT2D eigenvalue weighted by Crippen LogP contribution is 2.03.